The van der Waals surface area contributed by atoms with Crippen molar-refractivity contribution in [2.24, 2.45) is 7.05 Å². The van der Waals surface area contributed by atoms with Gasteiger partial charge in [-0.2, -0.15) is 5.10 Å². The zero-order valence-electron chi connectivity index (χ0n) is 12.7. The molecular weight excluding hydrogens is 332 g/mol. The van der Waals surface area contributed by atoms with Gasteiger partial charge in [-0.3, -0.25) is 9.48 Å². The fourth-order valence-corrected chi connectivity index (χ4v) is 3.83. The van der Waals surface area contributed by atoms with Crippen molar-refractivity contribution < 1.29 is 9.53 Å². The summed E-state index contributed by atoms with van der Waals surface area (Å²) in [4.78, 5) is 18.0. The number of nitrogens with zero attached hydrogens (tertiary/aromatic N) is 3. The maximum atomic E-state index is 12.5. The van der Waals surface area contributed by atoms with Crippen molar-refractivity contribution in [3.05, 3.63) is 46.5 Å². The lowest BCUT2D eigenvalue weighted by molar-refractivity contribution is 0.0888. The Morgan fingerprint density at radius 1 is 1.43 bits per heavy atom. The van der Waals surface area contributed by atoms with Crippen LogP contribution in [-0.2, 0) is 11.8 Å². The van der Waals surface area contributed by atoms with Crippen LogP contribution in [0.4, 0.5) is 0 Å². The molecule has 0 spiro atoms. The van der Waals surface area contributed by atoms with Crippen LogP contribution >= 0.6 is 22.7 Å². The van der Waals surface area contributed by atoms with Crippen molar-refractivity contribution >= 4 is 28.6 Å². The van der Waals surface area contributed by atoms with Crippen molar-refractivity contribution in [2.45, 2.75) is 6.04 Å². The standard InChI is InChI=1S/C15H16N4O2S2/c1-19-12(5-6-16-19)10(8-21-2)17-14(20)11-9-23-15(18-11)13-4-3-7-22-13/h3-7,9-10H,8H2,1-2H3,(H,17,20)/t10-/m0/s1. The molecule has 3 aromatic rings. The number of aromatic nitrogens is 3. The molecule has 3 aromatic heterocycles. The van der Waals surface area contributed by atoms with Gasteiger partial charge in [0.1, 0.15) is 10.7 Å². The molecule has 1 amide bonds. The van der Waals surface area contributed by atoms with E-state index in [0.717, 1.165) is 15.6 Å². The number of rotatable bonds is 6. The summed E-state index contributed by atoms with van der Waals surface area (Å²) < 4.78 is 6.94. The van der Waals surface area contributed by atoms with Crippen molar-refractivity contribution in [2.75, 3.05) is 13.7 Å². The van der Waals surface area contributed by atoms with Crippen molar-refractivity contribution in [1.29, 1.82) is 0 Å². The summed E-state index contributed by atoms with van der Waals surface area (Å²) in [5.74, 6) is -0.215. The number of hydrogen-bond acceptors (Lipinski definition) is 6. The lowest BCUT2D eigenvalue weighted by Gasteiger charge is -2.17. The molecule has 0 aliphatic carbocycles. The average molecular weight is 348 g/mol. The lowest BCUT2D eigenvalue weighted by atomic mass is 10.2. The molecule has 0 bridgehead atoms. The van der Waals surface area contributed by atoms with Gasteiger partial charge in [0.25, 0.3) is 5.91 Å². The van der Waals surface area contributed by atoms with Crippen LogP contribution in [0.5, 0.6) is 0 Å². The highest BCUT2D eigenvalue weighted by atomic mass is 32.1. The van der Waals surface area contributed by atoms with Gasteiger partial charge in [-0.1, -0.05) is 6.07 Å². The van der Waals surface area contributed by atoms with Crippen LogP contribution in [0.1, 0.15) is 22.2 Å². The van der Waals surface area contributed by atoms with Crippen LogP contribution < -0.4 is 5.32 Å². The topological polar surface area (TPSA) is 69.0 Å². The van der Waals surface area contributed by atoms with E-state index >= 15 is 0 Å². The van der Waals surface area contributed by atoms with Gasteiger partial charge in [-0.15, -0.1) is 22.7 Å². The predicted octanol–water partition coefficient (Wildman–Crippen LogP) is 2.72. The van der Waals surface area contributed by atoms with E-state index in [0.29, 0.717) is 12.3 Å². The number of carbonyl (C=O) groups is 1. The smallest absolute Gasteiger partial charge is 0.271 e. The fraction of sp³-hybridized carbons (Fsp3) is 0.267. The Kier molecular flexibility index (Phi) is 4.85. The van der Waals surface area contributed by atoms with Crippen LogP contribution in [0.15, 0.2) is 35.2 Å². The number of aryl methyl sites for hydroxylation is 1. The van der Waals surface area contributed by atoms with Crippen molar-refractivity contribution in [3.63, 3.8) is 0 Å². The van der Waals surface area contributed by atoms with Gasteiger partial charge >= 0.3 is 0 Å². The SMILES string of the molecule is COC[C@H](NC(=O)c1csc(-c2cccs2)n1)c1ccnn1C. The van der Waals surface area contributed by atoms with Gasteiger partial charge in [0.05, 0.1) is 23.2 Å². The molecule has 1 atom stereocenters. The molecule has 23 heavy (non-hydrogen) atoms. The molecule has 0 saturated heterocycles. The van der Waals surface area contributed by atoms with E-state index in [1.807, 2.05) is 30.6 Å². The Morgan fingerprint density at radius 2 is 2.30 bits per heavy atom. The Hall–Kier alpha value is -2.03. The second kappa shape index (κ2) is 7.03. The Morgan fingerprint density at radius 3 is 2.96 bits per heavy atom. The summed E-state index contributed by atoms with van der Waals surface area (Å²) in [7, 11) is 3.44. The first-order valence-electron chi connectivity index (χ1n) is 6.96. The molecule has 3 heterocycles. The first-order chi connectivity index (χ1) is 11.2. The summed E-state index contributed by atoms with van der Waals surface area (Å²) in [6.45, 7) is 0.368. The van der Waals surface area contributed by atoms with Gasteiger partial charge < -0.3 is 10.1 Å². The molecule has 1 N–H and O–H groups in total. The number of thiophene rings is 1. The number of thiazole rings is 1. The van der Waals surface area contributed by atoms with E-state index < -0.39 is 0 Å². The molecule has 6 nitrogen and oxygen atoms in total. The van der Waals surface area contributed by atoms with Crippen LogP contribution in [0.25, 0.3) is 9.88 Å². The Bertz CT molecular complexity index is 779. The van der Waals surface area contributed by atoms with Gasteiger partial charge in [0, 0.05) is 25.7 Å². The average Bonchev–Trinajstić information content (AvgIpc) is 3.27. The molecule has 0 aromatic carbocycles. The van der Waals surface area contributed by atoms with E-state index in [-0.39, 0.29) is 11.9 Å². The van der Waals surface area contributed by atoms with Crippen LogP contribution in [0, 0.1) is 0 Å². The highest BCUT2D eigenvalue weighted by Crippen LogP contribution is 2.28. The van der Waals surface area contributed by atoms with Crippen LogP contribution in [0.2, 0.25) is 0 Å². The summed E-state index contributed by atoms with van der Waals surface area (Å²) in [5.41, 5.74) is 1.30. The molecule has 0 aliphatic heterocycles. The highest BCUT2D eigenvalue weighted by molar-refractivity contribution is 7.20. The third-order valence-corrected chi connectivity index (χ3v) is 5.20. The van der Waals surface area contributed by atoms with Crippen LogP contribution in [0.3, 0.4) is 0 Å². The molecule has 0 radical (unpaired) electrons. The summed E-state index contributed by atoms with van der Waals surface area (Å²) in [6.07, 6.45) is 1.70. The number of nitrogens with one attached hydrogen (secondary N) is 1. The zero-order valence-corrected chi connectivity index (χ0v) is 14.4. The number of methoxy groups -OCH3 is 1. The number of amides is 1. The highest BCUT2D eigenvalue weighted by Gasteiger charge is 2.20. The van der Waals surface area contributed by atoms with Crippen molar-refractivity contribution in [1.82, 2.24) is 20.1 Å². The van der Waals surface area contributed by atoms with E-state index in [9.17, 15) is 4.79 Å². The second-order valence-corrected chi connectivity index (χ2v) is 6.68. The number of carbonyl (C=O) groups excluding carboxylic acids is 1. The lowest BCUT2D eigenvalue weighted by Crippen LogP contribution is -2.32. The Labute approximate surface area is 141 Å². The molecule has 3 rings (SSSR count). The van der Waals surface area contributed by atoms with Gasteiger partial charge in [0.15, 0.2) is 0 Å². The summed E-state index contributed by atoms with van der Waals surface area (Å²) in [5, 5.41) is 11.7. The van der Waals surface area contributed by atoms with Crippen molar-refractivity contribution in [3.8, 4) is 9.88 Å². The summed E-state index contributed by atoms with van der Waals surface area (Å²) >= 11 is 3.07. The quantitative estimate of drug-likeness (QED) is 0.744. The van der Waals surface area contributed by atoms with E-state index in [1.165, 1.54) is 11.3 Å². The minimum atomic E-state index is -0.271. The number of hydrogen-bond donors (Lipinski definition) is 1. The molecule has 0 saturated carbocycles. The monoisotopic (exact) mass is 348 g/mol. The maximum Gasteiger partial charge on any atom is 0.271 e. The zero-order chi connectivity index (χ0) is 16.2. The maximum absolute atomic E-state index is 12.5. The fourth-order valence-electron chi connectivity index (χ4n) is 2.22. The summed E-state index contributed by atoms with van der Waals surface area (Å²) in [6, 6.07) is 5.56. The first-order valence-corrected chi connectivity index (χ1v) is 8.72. The molecule has 120 valence electrons. The third-order valence-electron chi connectivity index (χ3n) is 3.32. The molecular formula is C15H16N4O2S2. The molecule has 0 fully saturated rings. The predicted molar refractivity (Wildman–Crippen MR) is 90.7 cm³/mol. The van der Waals surface area contributed by atoms with Gasteiger partial charge in [-0.05, 0) is 17.5 Å². The Balaban J connectivity index is 1.76. The largest absolute Gasteiger partial charge is 0.382 e. The van der Waals surface area contributed by atoms with E-state index in [1.54, 1.807) is 34.7 Å². The third kappa shape index (κ3) is 3.49. The minimum Gasteiger partial charge on any atom is -0.382 e. The minimum absolute atomic E-state index is 0.215. The van der Waals surface area contributed by atoms with Gasteiger partial charge in [0.2, 0.25) is 0 Å². The van der Waals surface area contributed by atoms with E-state index in [2.05, 4.69) is 15.4 Å². The number of ether oxygens (including phenoxy) is 1. The van der Waals surface area contributed by atoms with E-state index in [4.69, 9.17) is 4.74 Å². The first kappa shape index (κ1) is 15.9. The van der Waals surface area contributed by atoms with Gasteiger partial charge in [-0.25, -0.2) is 4.98 Å². The van der Waals surface area contributed by atoms with Crippen LogP contribution in [-0.4, -0.2) is 34.4 Å². The normalized spacial score (nSPS) is 12.3. The molecule has 0 aliphatic rings. The molecule has 8 heteroatoms. The second-order valence-electron chi connectivity index (χ2n) is 4.88. The molecule has 0 unspecified atom stereocenters.